The lowest BCUT2D eigenvalue weighted by molar-refractivity contribution is -0.128. The highest BCUT2D eigenvalue weighted by atomic mass is 35.5. The monoisotopic (exact) mass is 497 g/mol. The molecule has 11 heteroatoms. The molecule has 0 spiro atoms. The normalized spacial score (nSPS) is 12.6. The van der Waals surface area contributed by atoms with Crippen molar-refractivity contribution in [2.24, 2.45) is 0 Å². The van der Waals surface area contributed by atoms with Gasteiger partial charge in [0.1, 0.15) is 15.0 Å². The quantitative estimate of drug-likeness (QED) is 0.135. The van der Waals surface area contributed by atoms with Gasteiger partial charge in [-0.15, -0.1) is 23.1 Å². The number of benzene rings is 1. The molecule has 2 rings (SSSR count). The summed E-state index contributed by atoms with van der Waals surface area (Å²) in [6, 6.07) is 7.53. The zero-order chi connectivity index (χ0) is 21.4. The highest BCUT2D eigenvalue weighted by Gasteiger charge is 2.24. The van der Waals surface area contributed by atoms with E-state index in [0.717, 1.165) is 41.9 Å². The van der Waals surface area contributed by atoms with Crippen molar-refractivity contribution in [2.45, 2.75) is 54.1 Å². The number of thioether (sulfide) groups is 1. The van der Waals surface area contributed by atoms with Crippen LogP contribution in [0.15, 0.2) is 40.1 Å². The molecule has 1 atom stereocenters. The first-order valence-electron chi connectivity index (χ1n) is 8.86. The Bertz CT molecular complexity index is 916. The number of hydrogen-bond acceptors (Lipinski definition) is 7. The van der Waals surface area contributed by atoms with Gasteiger partial charge in [-0.3, -0.25) is 10.0 Å². The molecule has 1 aromatic carbocycles. The lowest BCUT2D eigenvalue weighted by atomic mass is 10.1. The van der Waals surface area contributed by atoms with Gasteiger partial charge >= 0.3 is 10.1 Å². The molecule has 0 aliphatic heterocycles. The summed E-state index contributed by atoms with van der Waals surface area (Å²) in [6.45, 7) is 2.11. The second-order valence-electron chi connectivity index (χ2n) is 6.13. The number of amides is 1. The zero-order valence-corrected chi connectivity index (χ0v) is 19.5. The number of rotatable bonds is 11. The number of hydrogen-bond donors (Lipinski definition) is 2. The highest BCUT2D eigenvalue weighted by Crippen LogP contribution is 2.36. The number of nitrogens with one attached hydrogen (secondary N) is 1. The Labute approximate surface area is 188 Å². The van der Waals surface area contributed by atoms with E-state index in [2.05, 4.69) is 6.92 Å². The summed E-state index contributed by atoms with van der Waals surface area (Å²) in [4.78, 5) is 12.5. The van der Waals surface area contributed by atoms with Gasteiger partial charge in [0, 0.05) is 4.90 Å². The van der Waals surface area contributed by atoms with E-state index < -0.39 is 21.3 Å². The third-order valence-corrected chi connectivity index (χ3v) is 8.21. The zero-order valence-electron chi connectivity index (χ0n) is 15.6. The molecule has 0 aliphatic carbocycles. The van der Waals surface area contributed by atoms with Crippen LogP contribution < -0.4 is 9.66 Å². The summed E-state index contributed by atoms with van der Waals surface area (Å²) in [5, 5.41) is 8.53. The molecule has 0 saturated heterocycles. The van der Waals surface area contributed by atoms with Gasteiger partial charge < -0.3 is 4.18 Å². The standard InChI is InChI=1S/C18H21Cl2NO5S3/c1-2-3-4-5-6-14(18(22)21-23)27-13-9-7-12(8-10-13)26-29(24,25)15-11-16(19)28-17(15)20/h7-11,14,23H,2-6H2,1H3,(H,21,22). The molecule has 0 saturated carbocycles. The third kappa shape index (κ3) is 7.34. The van der Waals surface area contributed by atoms with Crippen LogP contribution >= 0.6 is 46.3 Å². The van der Waals surface area contributed by atoms with Gasteiger partial charge in [0.15, 0.2) is 0 Å². The van der Waals surface area contributed by atoms with E-state index >= 15 is 0 Å². The van der Waals surface area contributed by atoms with Crippen LogP contribution in [0.25, 0.3) is 0 Å². The van der Waals surface area contributed by atoms with Crippen molar-refractivity contribution in [3.8, 4) is 5.75 Å². The van der Waals surface area contributed by atoms with Crippen molar-refractivity contribution in [2.75, 3.05) is 0 Å². The Kier molecular flexibility index (Phi) is 9.58. The highest BCUT2D eigenvalue weighted by molar-refractivity contribution is 8.00. The van der Waals surface area contributed by atoms with Crippen LogP contribution in [-0.2, 0) is 14.9 Å². The topological polar surface area (TPSA) is 92.7 Å². The molecule has 0 fully saturated rings. The predicted molar refractivity (Wildman–Crippen MR) is 117 cm³/mol. The smallest absolute Gasteiger partial charge is 0.341 e. The summed E-state index contributed by atoms with van der Waals surface area (Å²) in [6.07, 6.45) is 4.71. The Morgan fingerprint density at radius 3 is 2.48 bits per heavy atom. The minimum Gasteiger partial charge on any atom is -0.379 e. The molecule has 0 bridgehead atoms. The van der Waals surface area contributed by atoms with E-state index in [-0.39, 0.29) is 19.3 Å². The number of carbonyl (C=O) groups is 1. The molecule has 1 unspecified atom stereocenters. The number of hydroxylamine groups is 1. The van der Waals surface area contributed by atoms with E-state index in [0.29, 0.717) is 6.42 Å². The molecule has 29 heavy (non-hydrogen) atoms. The summed E-state index contributed by atoms with van der Waals surface area (Å²) >= 11 is 13.9. The van der Waals surface area contributed by atoms with Gasteiger partial charge in [-0.25, -0.2) is 5.48 Å². The van der Waals surface area contributed by atoms with E-state index in [1.807, 2.05) is 0 Å². The Balaban J connectivity index is 2.04. The van der Waals surface area contributed by atoms with Crippen molar-refractivity contribution >= 4 is 62.3 Å². The average Bonchev–Trinajstić information content (AvgIpc) is 3.04. The average molecular weight is 498 g/mol. The van der Waals surface area contributed by atoms with Crippen molar-refractivity contribution in [1.82, 2.24) is 5.48 Å². The van der Waals surface area contributed by atoms with Crippen LogP contribution in [0, 0.1) is 0 Å². The van der Waals surface area contributed by atoms with E-state index in [9.17, 15) is 13.2 Å². The van der Waals surface area contributed by atoms with Crippen molar-refractivity contribution in [3.05, 3.63) is 39.0 Å². The fourth-order valence-electron chi connectivity index (χ4n) is 2.48. The van der Waals surface area contributed by atoms with Gasteiger partial charge in [-0.05, 0) is 36.8 Å². The van der Waals surface area contributed by atoms with Gasteiger partial charge in [0.05, 0.1) is 9.59 Å². The van der Waals surface area contributed by atoms with E-state index in [1.165, 1.54) is 30.0 Å². The number of carbonyl (C=O) groups excluding carboxylic acids is 1. The lowest BCUT2D eigenvalue weighted by Crippen LogP contribution is -2.30. The Morgan fingerprint density at radius 1 is 1.24 bits per heavy atom. The molecule has 1 amide bonds. The van der Waals surface area contributed by atoms with Crippen LogP contribution in [0.5, 0.6) is 5.75 Å². The summed E-state index contributed by atoms with van der Waals surface area (Å²) in [5.41, 5.74) is 1.71. The van der Waals surface area contributed by atoms with Crippen LogP contribution in [0.2, 0.25) is 8.67 Å². The number of unbranched alkanes of at least 4 members (excludes halogenated alkanes) is 3. The minimum atomic E-state index is -4.10. The van der Waals surface area contributed by atoms with Gasteiger partial charge in [0.2, 0.25) is 0 Å². The SMILES string of the molecule is CCCCCCC(Sc1ccc(OS(=O)(=O)c2cc(Cl)sc2Cl)cc1)C(=O)NO. The molecule has 1 heterocycles. The second-order valence-corrected chi connectivity index (χ2v) is 11.2. The van der Waals surface area contributed by atoms with Gasteiger partial charge in [0.25, 0.3) is 5.91 Å². The first kappa shape index (κ1) is 24.3. The van der Waals surface area contributed by atoms with E-state index in [1.54, 1.807) is 17.6 Å². The number of halogens is 2. The summed E-state index contributed by atoms with van der Waals surface area (Å²) in [5.74, 6) is -0.350. The lowest BCUT2D eigenvalue weighted by Gasteiger charge is -2.14. The van der Waals surface area contributed by atoms with Crippen LogP contribution in [0.3, 0.4) is 0 Å². The van der Waals surface area contributed by atoms with Gasteiger partial charge in [-0.2, -0.15) is 8.42 Å². The fourth-order valence-corrected chi connectivity index (χ4v) is 6.58. The molecule has 0 aliphatic rings. The molecular weight excluding hydrogens is 477 g/mol. The van der Waals surface area contributed by atoms with Crippen molar-refractivity contribution in [1.29, 1.82) is 0 Å². The first-order valence-corrected chi connectivity index (χ1v) is 12.7. The molecule has 6 nitrogen and oxygen atoms in total. The molecular formula is C18H21Cl2NO5S3. The molecule has 160 valence electrons. The predicted octanol–water partition coefficient (Wildman–Crippen LogP) is 5.76. The summed E-state index contributed by atoms with van der Waals surface area (Å²) in [7, 11) is -4.10. The molecule has 1 aromatic heterocycles. The van der Waals surface area contributed by atoms with Crippen LogP contribution in [-0.4, -0.2) is 24.8 Å². The fraction of sp³-hybridized carbons (Fsp3) is 0.389. The summed E-state index contributed by atoms with van der Waals surface area (Å²) < 4.78 is 30.1. The maximum Gasteiger partial charge on any atom is 0.341 e. The molecule has 2 aromatic rings. The maximum atomic E-state index is 12.4. The maximum absolute atomic E-state index is 12.4. The van der Waals surface area contributed by atoms with Gasteiger partial charge in [-0.1, -0.05) is 55.8 Å². The molecule has 0 radical (unpaired) electrons. The van der Waals surface area contributed by atoms with E-state index in [4.69, 9.17) is 32.6 Å². The number of thiophene rings is 1. The second kappa shape index (κ2) is 11.4. The van der Waals surface area contributed by atoms with Crippen molar-refractivity contribution < 1.29 is 22.6 Å². The van der Waals surface area contributed by atoms with Crippen LogP contribution in [0.4, 0.5) is 0 Å². The Hall–Kier alpha value is -0.970. The van der Waals surface area contributed by atoms with Crippen LogP contribution in [0.1, 0.15) is 39.0 Å². The van der Waals surface area contributed by atoms with Crippen molar-refractivity contribution in [3.63, 3.8) is 0 Å². The minimum absolute atomic E-state index is 0.0307. The first-order chi connectivity index (χ1) is 13.8. The third-order valence-electron chi connectivity index (χ3n) is 3.93. The Morgan fingerprint density at radius 2 is 1.93 bits per heavy atom. The largest absolute Gasteiger partial charge is 0.379 e. The molecule has 2 N–H and O–H groups in total.